The average Bonchev–Trinajstić information content (AvgIpc) is 2.25. The molecule has 2 heterocycles. The lowest BCUT2D eigenvalue weighted by Crippen LogP contribution is -2.17. The van der Waals surface area contributed by atoms with Crippen molar-refractivity contribution in [2.45, 2.75) is 23.1 Å². The number of nitrogen functional groups attached to an aromatic ring is 1. The molecule has 0 spiro atoms. The fourth-order valence-electron chi connectivity index (χ4n) is 1.40. The van der Waals surface area contributed by atoms with E-state index in [1.54, 1.807) is 18.0 Å². The Morgan fingerprint density at radius 2 is 2.20 bits per heavy atom. The van der Waals surface area contributed by atoms with Crippen molar-refractivity contribution in [2.24, 2.45) is 0 Å². The van der Waals surface area contributed by atoms with Crippen molar-refractivity contribution in [3.05, 3.63) is 10.7 Å². The van der Waals surface area contributed by atoms with Gasteiger partial charge >= 0.3 is 0 Å². The predicted octanol–water partition coefficient (Wildman–Crippen LogP) is 2.09. The summed E-state index contributed by atoms with van der Waals surface area (Å²) in [6.45, 7) is 1.69. The molecule has 15 heavy (non-hydrogen) atoms. The van der Waals surface area contributed by atoms with Crippen LogP contribution in [0.5, 0.6) is 0 Å². The average molecular weight is 290 g/mol. The first-order valence-corrected chi connectivity index (χ1v) is 6.45. The second-order valence-electron chi connectivity index (χ2n) is 3.31. The van der Waals surface area contributed by atoms with Gasteiger partial charge in [0.2, 0.25) is 5.95 Å². The van der Waals surface area contributed by atoms with Crippen molar-refractivity contribution < 1.29 is 4.74 Å². The van der Waals surface area contributed by atoms with Gasteiger partial charge in [-0.1, -0.05) is 0 Å². The van der Waals surface area contributed by atoms with E-state index in [0.29, 0.717) is 11.2 Å². The maximum atomic E-state index is 5.55. The number of ether oxygens (including phenoxy) is 1. The largest absolute Gasteiger partial charge is 0.381 e. The van der Waals surface area contributed by atoms with E-state index >= 15 is 0 Å². The number of hydrogen-bond acceptors (Lipinski definition) is 5. The minimum Gasteiger partial charge on any atom is -0.381 e. The molecule has 1 aromatic rings. The summed E-state index contributed by atoms with van der Waals surface area (Å²) >= 11 is 5.17. The highest BCUT2D eigenvalue weighted by Gasteiger charge is 2.17. The molecule has 0 saturated carbocycles. The fraction of sp³-hybridized carbons (Fsp3) is 0.556. The zero-order chi connectivity index (χ0) is 10.7. The van der Waals surface area contributed by atoms with Gasteiger partial charge in [0.15, 0.2) is 0 Å². The highest BCUT2D eigenvalue weighted by Crippen LogP contribution is 2.32. The second-order valence-corrected chi connectivity index (χ2v) is 5.45. The lowest BCUT2D eigenvalue weighted by Gasteiger charge is -2.21. The summed E-state index contributed by atoms with van der Waals surface area (Å²) in [6, 6.07) is 0. The van der Waals surface area contributed by atoms with Crippen LogP contribution in [0.1, 0.15) is 12.8 Å². The molecule has 1 aliphatic rings. The Kier molecular flexibility index (Phi) is 3.82. The Bertz CT molecular complexity index is 344. The maximum absolute atomic E-state index is 5.55. The first-order chi connectivity index (χ1) is 7.25. The summed E-state index contributed by atoms with van der Waals surface area (Å²) in [5, 5.41) is 1.50. The molecule has 0 aromatic carbocycles. The molecule has 0 atom stereocenters. The van der Waals surface area contributed by atoms with E-state index in [-0.39, 0.29) is 0 Å². The molecular weight excluding hydrogens is 278 g/mol. The molecule has 2 N–H and O–H groups in total. The zero-order valence-electron chi connectivity index (χ0n) is 8.15. The molecule has 1 saturated heterocycles. The Balaban J connectivity index is 2.05. The summed E-state index contributed by atoms with van der Waals surface area (Å²) in [4.78, 5) is 8.12. The second kappa shape index (κ2) is 5.14. The van der Waals surface area contributed by atoms with Gasteiger partial charge in [-0.3, -0.25) is 0 Å². The normalized spacial score (nSPS) is 17.9. The summed E-state index contributed by atoms with van der Waals surface area (Å²) in [5.41, 5.74) is 5.55. The van der Waals surface area contributed by atoms with E-state index in [2.05, 4.69) is 25.9 Å². The van der Waals surface area contributed by atoms with Crippen LogP contribution in [-0.2, 0) is 4.74 Å². The predicted molar refractivity (Wildman–Crippen MR) is 63.8 cm³/mol. The number of hydrogen-bond donors (Lipinski definition) is 1. The minimum atomic E-state index is 0.327. The summed E-state index contributed by atoms with van der Waals surface area (Å²) in [7, 11) is 0. The van der Waals surface area contributed by atoms with Crippen LogP contribution in [0.25, 0.3) is 0 Å². The molecule has 2 rings (SSSR count). The molecule has 6 heteroatoms. The van der Waals surface area contributed by atoms with E-state index in [0.717, 1.165) is 35.6 Å². The third-order valence-corrected chi connectivity index (χ3v) is 4.36. The van der Waals surface area contributed by atoms with Crippen LogP contribution in [0.15, 0.2) is 15.7 Å². The zero-order valence-corrected chi connectivity index (χ0v) is 10.6. The lowest BCUT2D eigenvalue weighted by atomic mass is 10.2. The van der Waals surface area contributed by atoms with Crippen LogP contribution >= 0.6 is 27.7 Å². The summed E-state index contributed by atoms with van der Waals surface area (Å²) in [6.07, 6.45) is 3.84. The molecule has 1 aliphatic heterocycles. The van der Waals surface area contributed by atoms with E-state index in [1.807, 2.05) is 0 Å². The molecule has 1 aromatic heterocycles. The van der Waals surface area contributed by atoms with E-state index in [1.165, 1.54) is 0 Å². The molecule has 0 bridgehead atoms. The van der Waals surface area contributed by atoms with E-state index < -0.39 is 0 Å². The number of halogens is 1. The number of anilines is 1. The topological polar surface area (TPSA) is 61.0 Å². The van der Waals surface area contributed by atoms with Crippen molar-refractivity contribution in [2.75, 3.05) is 18.9 Å². The number of thioether (sulfide) groups is 1. The molecule has 0 radical (unpaired) electrons. The highest BCUT2D eigenvalue weighted by molar-refractivity contribution is 9.10. The molecule has 82 valence electrons. The first-order valence-electron chi connectivity index (χ1n) is 4.78. The van der Waals surface area contributed by atoms with Crippen LogP contribution in [0.4, 0.5) is 5.95 Å². The molecule has 1 fully saturated rings. The molecule has 0 unspecified atom stereocenters. The van der Waals surface area contributed by atoms with E-state index in [9.17, 15) is 0 Å². The maximum Gasteiger partial charge on any atom is 0.221 e. The van der Waals surface area contributed by atoms with Gasteiger partial charge in [0, 0.05) is 24.7 Å². The SMILES string of the molecule is Nc1ncc(Br)c(SC2CCOCC2)n1. The van der Waals surface area contributed by atoms with E-state index in [4.69, 9.17) is 10.5 Å². The standard InChI is InChI=1S/C9H12BrN3OS/c10-7-5-12-9(11)13-8(7)15-6-1-3-14-4-2-6/h5-6H,1-4H2,(H2,11,12,13). The molecule has 0 amide bonds. The van der Waals surface area contributed by atoms with Crippen LogP contribution in [-0.4, -0.2) is 28.4 Å². The van der Waals surface area contributed by atoms with Gasteiger partial charge in [0.05, 0.1) is 4.47 Å². The molecular formula is C9H12BrN3OS. The van der Waals surface area contributed by atoms with Gasteiger partial charge in [-0.05, 0) is 28.8 Å². The van der Waals surface area contributed by atoms with Gasteiger partial charge < -0.3 is 10.5 Å². The highest BCUT2D eigenvalue weighted by atomic mass is 79.9. The molecule has 4 nitrogen and oxygen atoms in total. The summed E-state index contributed by atoms with van der Waals surface area (Å²) < 4.78 is 6.22. The van der Waals surface area contributed by atoms with Gasteiger partial charge in [-0.15, -0.1) is 11.8 Å². The number of nitrogens with two attached hydrogens (primary N) is 1. The Hall–Kier alpha value is -0.330. The fourth-order valence-corrected chi connectivity index (χ4v) is 2.93. The van der Waals surface area contributed by atoms with Gasteiger partial charge in [0.25, 0.3) is 0 Å². The Morgan fingerprint density at radius 1 is 1.47 bits per heavy atom. The van der Waals surface area contributed by atoms with Crippen LogP contribution in [0.3, 0.4) is 0 Å². The molecule has 0 aliphatic carbocycles. The van der Waals surface area contributed by atoms with Crippen LogP contribution in [0.2, 0.25) is 0 Å². The first kappa shape index (κ1) is 11.2. The van der Waals surface area contributed by atoms with Gasteiger partial charge in [0.1, 0.15) is 5.03 Å². The number of aromatic nitrogens is 2. The third-order valence-electron chi connectivity index (χ3n) is 2.18. The van der Waals surface area contributed by atoms with Gasteiger partial charge in [-0.25, -0.2) is 9.97 Å². The van der Waals surface area contributed by atoms with Crippen molar-refractivity contribution in [3.8, 4) is 0 Å². The number of nitrogens with zero attached hydrogens (tertiary/aromatic N) is 2. The van der Waals surface area contributed by atoms with Crippen molar-refractivity contribution in [1.82, 2.24) is 9.97 Å². The van der Waals surface area contributed by atoms with Crippen LogP contribution in [0, 0.1) is 0 Å². The Labute approximate surface area is 101 Å². The van der Waals surface area contributed by atoms with Crippen molar-refractivity contribution in [3.63, 3.8) is 0 Å². The minimum absolute atomic E-state index is 0.327. The quantitative estimate of drug-likeness (QED) is 0.845. The summed E-state index contributed by atoms with van der Waals surface area (Å²) in [5.74, 6) is 0.327. The monoisotopic (exact) mass is 289 g/mol. The van der Waals surface area contributed by atoms with Crippen molar-refractivity contribution in [1.29, 1.82) is 0 Å². The Morgan fingerprint density at radius 3 is 2.93 bits per heavy atom. The smallest absolute Gasteiger partial charge is 0.221 e. The lowest BCUT2D eigenvalue weighted by molar-refractivity contribution is 0.1000. The van der Waals surface area contributed by atoms with Gasteiger partial charge in [-0.2, -0.15) is 0 Å². The van der Waals surface area contributed by atoms with Crippen molar-refractivity contribution >= 4 is 33.6 Å². The third kappa shape index (κ3) is 3.06. The van der Waals surface area contributed by atoms with Crippen LogP contribution < -0.4 is 5.73 Å². The number of rotatable bonds is 2.